The predicted octanol–water partition coefficient (Wildman–Crippen LogP) is 2.98. The number of rotatable bonds is 10. The molecular formula is C21H29N3O3. The average molecular weight is 371 g/mol. The molecule has 0 amide bonds. The Morgan fingerprint density at radius 3 is 2.56 bits per heavy atom. The summed E-state index contributed by atoms with van der Waals surface area (Å²) in [6.45, 7) is 5.02. The Kier molecular flexibility index (Phi) is 9.00. The quantitative estimate of drug-likeness (QED) is 0.382. The van der Waals surface area contributed by atoms with Crippen LogP contribution in [0.25, 0.3) is 0 Å². The van der Waals surface area contributed by atoms with Gasteiger partial charge < -0.3 is 24.8 Å². The number of nitrogens with zero attached hydrogens (tertiary/aromatic N) is 1. The highest BCUT2D eigenvalue weighted by Gasteiger charge is 2.04. The molecular weight excluding hydrogens is 342 g/mol. The summed E-state index contributed by atoms with van der Waals surface area (Å²) in [7, 11) is 3.42. The zero-order valence-electron chi connectivity index (χ0n) is 16.3. The van der Waals surface area contributed by atoms with Gasteiger partial charge in [0.1, 0.15) is 18.1 Å². The Balaban J connectivity index is 1.86. The van der Waals surface area contributed by atoms with E-state index in [1.165, 1.54) is 0 Å². The van der Waals surface area contributed by atoms with E-state index in [0.29, 0.717) is 32.9 Å². The molecule has 0 bridgehead atoms. The van der Waals surface area contributed by atoms with Crippen LogP contribution < -0.4 is 20.1 Å². The van der Waals surface area contributed by atoms with Gasteiger partial charge in [0.25, 0.3) is 0 Å². The number of ether oxygens (including phenoxy) is 3. The van der Waals surface area contributed by atoms with Crippen molar-refractivity contribution in [2.75, 3.05) is 34.0 Å². The van der Waals surface area contributed by atoms with Gasteiger partial charge in [0.05, 0.1) is 13.2 Å². The van der Waals surface area contributed by atoms with Crippen molar-refractivity contribution in [3.05, 3.63) is 59.7 Å². The number of aliphatic imine (C=N–C) groups is 1. The minimum atomic E-state index is 0.538. The zero-order valence-corrected chi connectivity index (χ0v) is 16.3. The van der Waals surface area contributed by atoms with Crippen LogP contribution in [0.3, 0.4) is 0 Å². The molecule has 146 valence electrons. The van der Waals surface area contributed by atoms with E-state index >= 15 is 0 Å². The van der Waals surface area contributed by atoms with Crippen LogP contribution in [-0.4, -0.2) is 39.9 Å². The highest BCUT2D eigenvalue weighted by Crippen LogP contribution is 2.17. The number of nitrogens with one attached hydrogen (secondary N) is 2. The summed E-state index contributed by atoms with van der Waals surface area (Å²) in [6, 6.07) is 16.0. The van der Waals surface area contributed by atoms with E-state index in [0.717, 1.165) is 28.6 Å². The van der Waals surface area contributed by atoms with E-state index in [1.54, 1.807) is 14.2 Å². The number of para-hydroxylation sites is 1. The average Bonchev–Trinajstić information content (AvgIpc) is 2.70. The van der Waals surface area contributed by atoms with Crippen LogP contribution in [0.2, 0.25) is 0 Å². The van der Waals surface area contributed by atoms with Crippen LogP contribution in [0, 0.1) is 0 Å². The number of hydrogen-bond acceptors (Lipinski definition) is 4. The molecule has 2 rings (SSSR count). The van der Waals surface area contributed by atoms with Gasteiger partial charge in [0, 0.05) is 32.8 Å². The molecule has 0 aliphatic heterocycles. The van der Waals surface area contributed by atoms with E-state index < -0.39 is 0 Å². The van der Waals surface area contributed by atoms with Crippen LogP contribution in [0.4, 0.5) is 0 Å². The second-order valence-corrected chi connectivity index (χ2v) is 5.81. The molecule has 0 heterocycles. The van der Waals surface area contributed by atoms with E-state index in [1.807, 2.05) is 55.5 Å². The lowest BCUT2D eigenvalue weighted by Gasteiger charge is -2.15. The van der Waals surface area contributed by atoms with Crippen molar-refractivity contribution in [1.29, 1.82) is 0 Å². The normalized spacial score (nSPS) is 11.1. The molecule has 2 N–H and O–H groups in total. The summed E-state index contributed by atoms with van der Waals surface area (Å²) in [4.78, 5) is 4.28. The van der Waals surface area contributed by atoms with Gasteiger partial charge in [-0.2, -0.15) is 0 Å². The van der Waals surface area contributed by atoms with E-state index in [4.69, 9.17) is 14.2 Å². The van der Waals surface area contributed by atoms with Gasteiger partial charge in [0.2, 0.25) is 0 Å². The highest BCUT2D eigenvalue weighted by molar-refractivity contribution is 5.79. The molecule has 6 heteroatoms. The van der Waals surface area contributed by atoms with Crippen LogP contribution in [-0.2, 0) is 17.8 Å². The van der Waals surface area contributed by atoms with Gasteiger partial charge in [-0.25, -0.2) is 0 Å². The first-order chi connectivity index (χ1) is 13.3. The van der Waals surface area contributed by atoms with Gasteiger partial charge in [0.15, 0.2) is 5.96 Å². The summed E-state index contributed by atoms with van der Waals surface area (Å²) in [5.74, 6) is 2.45. The minimum absolute atomic E-state index is 0.538. The fourth-order valence-corrected chi connectivity index (χ4v) is 2.52. The number of guanidine groups is 1. The molecule has 0 aromatic heterocycles. The summed E-state index contributed by atoms with van der Waals surface area (Å²) < 4.78 is 16.3. The maximum absolute atomic E-state index is 5.66. The van der Waals surface area contributed by atoms with Gasteiger partial charge in [-0.15, -0.1) is 0 Å². The fraction of sp³-hybridized carbons (Fsp3) is 0.381. The number of benzene rings is 2. The Bertz CT molecular complexity index is 719. The van der Waals surface area contributed by atoms with Crippen LogP contribution >= 0.6 is 0 Å². The van der Waals surface area contributed by atoms with Crippen molar-refractivity contribution >= 4 is 5.96 Å². The predicted molar refractivity (Wildman–Crippen MR) is 108 cm³/mol. The molecule has 27 heavy (non-hydrogen) atoms. The first kappa shape index (κ1) is 20.6. The maximum atomic E-state index is 5.66. The lowest BCUT2D eigenvalue weighted by Crippen LogP contribution is -2.36. The molecule has 0 atom stereocenters. The molecule has 0 saturated carbocycles. The number of hydrogen-bond donors (Lipinski definition) is 2. The second kappa shape index (κ2) is 11.8. The monoisotopic (exact) mass is 371 g/mol. The maximum Gasteiger partial charge on any atom is 0.191 e. The summed E-state index contributed by atoms with van der Waals surface area (Å²) in [6.07, 6.45) is 0. The smallest absolute Gasteiger partial charge is 0.191 e. The Labute approximate surface area is 161 Å². The fourth-order valence-electron chi connectivity index (χ4n) is 2.52. The van der Waals surface area contributed by atoms with Crippen molar-refractivity contribution in [2.45, 2.75) is 20.0 Å². The molecule has 0 spiro atoms. The Hall–Kier alpha value is -2.73. The molecule has 0 fully saturated rings. The summed E-state index contributed by atoms with van der Waals surface area (Å²) >= 11 is 0. The van der Waals surface area contributed by atoms with Crippen LogP contribution in [0.5, 0.6) is 11.5 Å². The molecule has 0 saturated heterocycles. The number of methoxy groups -OCH3 is 1. The largest absolute Gasteiger partial charge is 0.494 e. The van der Waals surface area contributed by atoms with Crippen molar-refractivity contribution in [1.82, 2.24) is 10.6 Å². The first-order valence-electron chi connectivity index (χ1n) is 9.12. The van der Waals surface area contributed by atoms with E-state index in [-0.39, 0.29) is 0 Å². The second-order valence-electron chi connectivity index (χ2n) is 5.81. The van der Waals surface area contributed by atoms with E-state index in [9.17, 15) is 0 Å². The van der Waals surface area contributed by atoms with Gasteiger partial charge >= 0.3 is 0 Å². The third-order valence-electron chi connectivity index (χ3n) is 3.86. The Morgan fingerprint density at radius 1 is 0.963 bits per heavy atom. The lowest BCUT2D eigenvalue weighted by atomic mass is 10.2. The van der Waals surface area contributed by atoms with Crippen LogP contribution in [0.15, 0.2) is 53.5 Å². The van der Waals surface area contributed by atoms with Gasteiger partial charge in [-0.3, -0.25) is 4.99 Å². The third kappa shape index (κ3) is 7.19. The minimum Gasteiger partial charge on any atom is -0.494 e. The lowest BCUT2D eigenvalue weighted by molar-refractivity contribution is 0.146. The zero-order chi connectivity index (χ0) is 19.3. The highest BCUT2D eigenvalue weighted by atomic mass is 16.5. The third-order valence-corrected chi connectivity index (χ3v) is 3.86. The molecule has 0 aliphatic rings. The van der Waals surface area contributed by atoms with Gasteiger partial charge in [-0.1, -0.05) is 30.3 Å². The summed E-state index contributed by atoms with van der Waals surface area (Å²) in [5, 5.41) is 6.64. The van der Waals surface area contributed by atoms with Crippen molar-refractivity contribution < 1.29 is 14.2 Å². The van der Waals surface area contributed by atoms with Crippen molar-refractivity contribution in [2.24, 2.45) is 4.99 Å². The topological polar surface area (TPSA) is 64.1 Å². The molecule has 2 aromatic carbocycles. The summed E-state index contributed by atoms with van der Waals surface area (Å²) in [5.41, 5.74) is 2.21. The molecule has 0 radical (unpaired) electrons. The molecule has 6 nitrogen and oxygen atoms in total. The molecule has 0 unspecified atom stereocenters. The van der Waals surface area contributed by atoms with Crippen LogP contribution in [0.1, 0.15) is 18.1 Å². The first-order valence-corrected chi connectivity index (χ1v) is 9.12. The van der Waals surface area contributed by atoms with Gasteiger partial charge in [-0.05, 0) is 30.7 Å². The Morgan fingerprint density at radius 2 is 1.78 bits per heavy atom. The van der Waals surface area contributed by atoms with Crippen molar-refractivity contribution in [3.63, 3.8) is 0 Å². The SMILES string of the molecule is CCOc1ccccc1CNC(=NC)NCc1cccc(OCCOC)c1. The van der Waals surface area contributed by atoms with Crippen molar-refractivity contribution in [3.8, 4) is 11.5 Å². The molecule has 2 aromatic rings. The standard InChI is InChI=1S/C21H29N3O3/c1-4-26-20-11-6-5-9-18(20)16-24-21(22-2)23-15-17-8-7-10-19(14-17)27-13-12-25-3/h5-11,14H,4,12-13,15-16H2,1-3H3,(H2,22,23,24). The molecule has 0 aliphatic carbocycles. The van der Waals surface area contributed by atoms with E-state index in [2.05, 4.69) is 15.6 Å².